The Kier molecular flexibility index (Phi) is 13.1. The minimum absolute atomic E-state index is 0.135. The lowest BCUT2D eigenvalue weighted by molar-refractivity contribution is -0.144. The molecule has 13 nitrogen and oxygen atoms in total. The Morgan fingerprint density at radius 1 is 0.960 bits per heavy atom. The molecule has 0 saturated heterocycles. The lowest BCUT2D eigenvalue weighted by Gasteiger charge is -2.11. The van der Waals surface area contributed by atoms with Crippen LogP contribution in [-0.2, 0) is 19.2 Å². The topological polar surface area (TPSA) is 255 Å². The van der Waals surface area contributed by atoms with Crippen LogP contribution in [0.4, 0.5) is 0 Å². The molecule has 0 aromatic carbocycles. The number of aliphatic carboxylic acids is 3. The van der Waals surface area contributed by atoms with Gasteiger partial charge in [-0.05, 0) is 12.8 Å². The molecule has 0 aliphatic heterocycles. The van der Waals surface area contributed by atoms with E-state index in [1.165, 1.54) is 0 Å². The Morgan fingerprint density at radius 2 is 1.52 bits per heavy atom. The van der Waals surface area contributed by atoms with E-state index in [1.807, 2.05) is 0 Å². The summed E-state index contributed by atoms with van der Waals surface area (Å²) in [4.78, 5) is 41.0. The Morgan fingerprint density at radius 3 is 1.88 bits per heavy atom. The second-order valence-corrected chi connectivity index (χ2v) is 4.74. The van der Waals surface area contributed by atoms with Crippen LogP contribution < -0.4 is 27.8 Å². The molecule has 0 aliphatic carbocycles. The molecule has 0 bridgehead atoms. The maximum atomic E-state index is 11.2. The van der Waals surface area contributed by atoms with Gasteiger partial charge in [0.1, 0.15) is 12.6 Å². The summed E-state index contributed by atoms with van der Waals surface area (Å²) in [5.74, 6) is -4.24. The van der Waals surface area contributed by atoms with Gasteiger partial charge in [0, 0.05) is 6.54 Å². The molecule has 25 heavy (non-hydrogen) atoms. The second-order valence-electron chi connectivity index (χ2n) is 4.74. The monoisotopic (exact) mass is 364 g/mol. The molecule has 0 aliphatic rings. The first-order valence-electron chi connectivity index (χ1n) is 7.00. The van der Waals surface area contributed by atoms with Gasteiger partial charge >= 0.3 is 17.9 Å². The molecule has 0 fully saturated rings. The number of rotatable bonds is 10. The Hall–Kier alpha value is -2.93. The third kappa shape index (κ3) is 17.3. The van der Waals surface area contributed by atoms with E-state index in [-0.39, 0.29) is 5.96 Å². The van der Waals surface area contributed by atoms with Crippen LogP contribution in [0.2, 0.25) is 0 Å². The average molecular weight is 364 g/mol. The van der Waals surface area contributed by atoms with Crippen molar-refractivity contribution in [3.05, 3.63) is 0 Å². The summed E-state index contributed by atoms with van der Waals surface area (Å²) in [6.07, 6.45) is 0.433. The highest BCUT2D eigenvalue weighted by molar-refractivity contribution is 5.85. The Bertz CT molecular complexity index is 485. The summed E-state index contributed by atoms with van der Waals surface area (Å²) in [5, 5.41) is 36.0. The highest BCUT2D eigenvalue weighted by Crippen LogP contribution is 1.93. The number of hydrogen-bond donors (Lipinski definition) is 9. The number of nitrogens with one attached hydrogen (secondary N) is 3. The summed E-state index contributed by atoms with van der Waals surface area (Å²) in [6, 6.07) is -2.03. The van der Waals surface area contributed by atoms with E-state index in [0.29, 0.717) is 19.4 Å². The molecule has 0 aromatic rings. The van der Waals surface area contributed by atoms with Crippen LogP contribution in [0.25, 0.3) is 0 Å². The first-order chi connectivity index (χ1) is 11.5. The first kappa shape index (κ1) is 24.3. The molecular formula is C12H24N6O7. The van der Waals surface area contributed by atoms with Crippen LogP contribution in [-0.4, -0.2) is 70.3 Å². The van der Waals surface area contributed by atoms with Gasteiger partial charge in [-0.2, -0.15) is 0 Å². The minimum Gasteiger partial charge on any atom is -0.481 e. The number of nitrogens with two attached hydrogens (primary N) is 3. The lowest BCUT2D eigenvalue weighted by Crippen LogP contribution is -2.43. The van der Waals surface area contributed by atoms with Crippen molar-refractivity contribution >= 4 is 29.8 Å². The lowest BCUT2D eigenvalue weighted by atomic mass is 10.1. The number of carboxylic acids is 3. The minimum atomic E-state index is -1.29. The molecule has 0 heterocycles. The normalized spacial score (nSPS) is 11.9. The molecule has 0 spiro atoms. The van der Waals surface area contributed by atoms with Crippen LogP contribution >= 0.6 is 0 Å². The van der Waals surface area contributed by atoms with Gasteiger partial charge in [0.15, 0.2) is 5.96 Å². The number of carbonyl (C=O) groups is 4. The van der Waals surface area contributed by atoms with Crippen molar-refractivity contribution in [1.82, 2.24) is 10.6 Å². The molecule has 12 N–H and O–H groups in total. The summed E-state index contributed by atoms with van der Waals surface area (Å²) >= 11 is 0. The zero-order chi connectivity index (χ0) is 20.0. The van der Waals surface area contributed by atoms with Gasteiger partial charge in [0.25, 0.3) is 0 Å². The van der Waals surface area contributed by atoms with E-state index in [2.05, 4.69) is 10.6 Å². The van der Waals surface area contributed by atoms with E-state index in [4.69, 9.17) is 37.9 Å². The van der Waals surface area contributed by atoms with Gasteiger partial charge in [0.2, 0.25) is 5.91 Å². The van der Waals surface area contributed by atoms with E-state index in [9.17, 15) is 19.2 Å². The average Bonchev–Trinajstić information content (AvgIpc) is 2.48. The Balaban J connectivity index is 0. The van der Waals surface area contributed by atoms with Crippen molar-refractivity contribution in [1.29, 1.82) is 5.41 Å². The number of guanidine groups is 1. The van der Waals surface area contributed by atoms with Crippen molar-refractivity contribution in [2.45, 2.75) is 31.3 Å². The van der Waals surface area contributed by atoms with E-state index < -0.39 is 48.9 Å². The van der Waals surface area contributed by atoms with Gasteiger partial charge in [-0.25, -0.2) is 0 Å². The molecule has 1 amide bonds. The molecule has 0 saturated carbocycles. The van der Waals surface area contributed by atoms with Crippen LogP contribution in [0.3, 0.4) is 0 Å². The molecule has 2 atom stereocenters. The quantitative estimate of drug-likeness (QED) is 0.105. The zero-order valence-corrected chi connectivity index (χ0v) is 13.4. The third-order valence-corrected chi connectivity index (χ3v) is 2.47. The van der Waals surface area contributed by atoms with Crippen molar-refractivity contribution in [3.63, 3.8) is 0 Å². The fourth-order valence-electron chi connectivity index (χ4n) is 1.25. The molecule has 0 aromatic heterocycles. The van der Waals surface area contributed by atoms with Gasteiger partial charge in [-0.3, -0.25) is 24.6 Å². The van der Waals surface area contributed by atoms with E-state index >= 15 is 0 Å². The highest BCUT2D eigenvalue weighted by Gasteiger charge is 2.14. The second kappa shape index (κ2) is 13.5. The maximum absolute atomic E-state index is 11.2. The summed E-state index contributed by atoms with van der Waals surface area (Å²) < 4.78 is 0. The van der Waals surface area contributed by atoms with Crippen molar-refractivity contribution in [2.75, 3.05) is 13.1 Å². The molecule has 2 unspecified atom stereocenters. The summed E-state index contributed by atoms with van der Waals surface area (Å²) in [6.45, 7) is 0.0213. The molecule has 144 valence electrons. The Labute approximate surface area is 143 Å². The standard InChI is InChI=1S/C8H17N5O3.C4H7NO4/c9-5(2-1-3-12-8(10)11)7(16)13-4-6(14)15;5-2(4(8)9)1-3(6)7/h5H,1-4,9H2,(H,13,16)(H,14,15)(H4,10,11,12);2H,1,5H2,(H,6,7)(H,8,9). The third-order valence-electron chi connectivity index (χ3n) is 2.47. The van der Waals surface area contributed by atoms with E-state index in [0.717, 1.165) is 0 Å². The number of amides is 1. The molecular weight excluding hydrogens is 340 g/mol. The largest absolute Gasteiger partial charge is 0.481 e. The van der Waals surface area contributed by atoms with Gasteiger partial charge in [0.05, 0.1) is 12.5 Å². The summed E-state index contributed by atoms with van der Waals surface area (Å²) in [7, 11) is 0. The maximum Gasteiger partial charge on any atom is 0.322 e. The number of carboxylic acid groups (broad SMARTS) is 3. The number of hydrogen-bond acceptors (Lipinski definition) is 7. The van der Waals surface area contributed by atoms with Crippen LogP contribution in [0.1, 0.15) is 19.3 Å². The molecule has 0 rings (SSSR count). The van der Waals surface area contributed by atoms with Gasteiger partial charge in [-0.1, -0.05) is 0 Å². The van der Waals surface area contributed by atoms with Crippen LogP contribution in [0.15, 0.2) is 0 Å². The van der Waals surface area contributed by atoms with Crippen LogP contribution in [0.5, 0.6) is 0 Å². The van der Waals surface area contributed by atoms with E-state index in [1.54, 1.807) is 0 Å². The van der Waals surface area contributed by atoms with Crippen LogP contribution in [0, 0.1) is 5.41 Å². The van der Waals surface area contributed by atoms with Gasteiger partial charge < -0.3 is 43.2 Å². The fraction of sp³-hybridized carbons (Fsp3) is 0.583. The summed E-state index contributed by atoms with van der Waals surface area (Å²) in [5.41, 5.74) is 15.4. The fourth-order valence-corrected chi connectivity index (χ4v) is 1.25. The SMILES string of the molecule is N=C(N)NCCCC(N)C(=O)NCC(=O)O.NC(CC(=O)O)C(=O)O. The molecule has 13 heteroatoms. The highest BCUT2D eigenvalue weighted by atomic mass is 16.4. The number of carbonyl (C=O) groups excluding carboxylic acids is 1. The van der Waals surface area contributed by atoms with Crippen molar-refractivity contribution in [3.8, 4) is 0 Å². The predicted molar refractivity (Wildman–Crippen MR) is 85.6 cm³/mol. The van der Waals surface area contributed by atoms with Crippen molar-refractivity contribution in [2.24, 2.45) is 17.2 Å². The van der Waals surface area contributed by atoms with Crippen molar-refractivity contribution < 1.29 is 34.5 Å². The zero-order valence-electron chi connectivity index (χ0n) is 13.4. The molecule has 0 radical (unpaired) electrons. The predicted octanol–water partition coefficient (Wildman–Crippen LogP) is -3.35. The first-order valence-corrected chi connectivity index (χ1v) is 7.00. The smallest absolute Gasteiger partial charge is 0.322 e. The van der Waals surface area contributed by atoms with Gasteiger partial charge in [-0.15, -0.1) is 0 Å².